The van der Waals surface area contributed by atoms with Gasteiger partial charge in [0.15, 0.2) is 0 Å². The van der Waals surface area contributed by atoms with Gasteiger partial charge >= 0.3 is 12.2 Å². The van der Waals surface area contributed by atoms with Crippen LogP contribution in [0.4, 0.5) is 9.59 Å². The monoisotopic (exact) mass is 556 g/mol. The lowest BCUT2D eigenvalue weighted by atomic mass is 10.0. The van der Waals surface area contributed by atoms with Crippen LogP contribution < -0.4 is 9.47 Å². The summed E-state index contributed by atoms with van der Waals surface area (Å²) in [5, 5.41) is 0. The molecule has 2 atom stereocenters. The third-order valence-corrected chi connectivity index (χ3v) is 6.84. The molecule has 220 valence electrons. The maximum Gasteiger partial charge on any atom is 0.410 e. The van der Waals surface area contributed by atoms with Crippen molar-refractivity contribution in [1.82, 2.24) is 19.8 Å². The molecule has 1 aromatic heterocycles. The zero-order valence-electron chi connectivity index (χ0n) is 24.8. The Kier molecular flexibility index (Phi) is 9.26. The van der Waals surface area contributed by atoms with Gasteiger partial charge in [-0.3, -0.25) is 0 Å². The number of aromatic nitrogens is 2. The Labute approximate surface area is 237 Å². The molecule has 0 unspecified atom stereocenters. The Balaban J connectivity index is 1.50. The van der Waals surface area contributed by atoms with Crippen molar-refractivity contribution in [3.63, 3.8) is 0 Å². The summed E-state index contributed by atoms with van der Waals surface area (Å²) >= 11 is 0. The van der Waals surface area contributed by atoms with Crippen molar-refractivity contribution < 1.29 is 28.5 Å². The van der Waals surface area contributed by atoms with Crippen LogP contribution in [0.25, 0.3) is 11.0 Å². The number of hydrogen-bond acceptors (Lipinski definition) is 8. The second-order valence-corrected chi connectivity index (χ2v) is 12.6. The molecule has 2 aliphatic rings. The molecule has 2 fully saturated rings. The first-order chi connectivity index (χ1) is 18.9. The van der Waals surface area contributed by atoms with Crippen LogP contribution in [-0.4, -0.2) is 81.5 Å². The molecule has 2 saturated heterocycles. The van der Waals surface area contributed by atoms with Crippen LogP contribution in [0.1, 0.15) is 80.1 Å². The maximum absolute atomic E-state index is 12.9. The Bertz CT molecular complexity index is 1080. The molecule has 2 amide bonds. The van der Waals surface area contributed by atoms with Gasteiger partial charge in [0.2, 0.25) is 0 Å². The first-order valence-corrected chi connectivity index (χ1v) is 14.4. The number of carbonyl (C=O) groups is 2. The second kappa shape index (κ2) is 12.5. The number of fused-ring (bicyclic) bond motifs is 1. The average molecular weight is 557 g/mol. The van der Waals surface area contributed by atoms with Crippen LogP contribution >= 0.6 is 0 Å². The number of likely N-dealkylation sites (tertiary alicyclic amines) is 2. The van der Waals surface area contributed by atoms with Crippen LogP contribution in [0.15, 0.2) is 24.3 Å². The van der Waals surface area contributed by atoms with E-state index < -0.39 is 11.2 Å². The van der Waals surface area contributed by atoms with Crippen molar-refractivity contribution in [3.8, 4) is 11.8 Å². The van der Waals surface area contributed by atoms with Gasteiger partial charge < -0.3 is 28.7 Å². The summed E-state index contributed by atoms with van der Waals surface area (Å²) in [4.78, 5) is 38.7. The summed E-state index contributed by atoms with van der Waals surface area (Å²) in [6, 6.07) is 7.24. The van der Waals surface area contributed by atoms with E-state index in [-0.39, 0.29) is 49.2 Å². The number of amides is 2. The molecule has 10 nitrogen and oxygen atoms in total. The number of benzene rings is 1. The Morgan fingerprint density at radius 1 is 0.725 bits per heavy atom. The molecule has 0 bridgehead atoms. The molecule has 3 heterocycles. The molecule has 2 aromatic rings. The molecule has 0 spiro atoms. The maximum atomic E-state index is 12.9. The molecule has 10 heteroatoms. The van der Waals surface area contributed by atoms with E-state index in [0.29, 0.717) is 24.1 Å². The third kappa shape index (κ3) is 8.11. The van der Waals surface area contributed by atoms with E-state index in [1.54, 1.807) is 9.80 Å². The number of para-hydroxylation sites is 2. The zero-order chi connectivity index (χ0) is 28.9. The average Bonchev–Trinajstić information content (AvgIpc) is 2.89. The van der Waals surface area contributed by atoms with Gasteiger partial charge in [0.25, 0.3) is 11.8 Å². The van der Waals surface area contributed by atoms with Gasteiger partial charge in [-0.1, -0.05) is 12.1 Å². The molecule has 0 aliphatic carbocycles. The third-order valence-electron chi connectivity index (χ3n) is 6.84. The van der Waals surface area contributed by atoms with E-state index in [0.717, 1.165) is 38.5 Å². The van der Waals surface area contributed by atoms with Gasteiger partial charge in [-0.15, -0.1) is 0 Å². The van der Waals surface area contributed by atoms with E-state index in [2.05, 4.69) is 0 Å². The quantitative estimate of drug-likeness (QED) is 0.429. The van der Waals surface area contributed by atoms with Gasteiger partial charge in [-0.2, -0.15) is 0 Å². The predicted molar refractivity (Wildman–Crippen MR) is 152 cm³/mol. The first kappa shape index (κ1) is 29.7. The molecule has 4 rings (SSSR count). The summed E-state index contributed by atoms with van der Waals surface area (Å²) in [5.41, 5.74) is 0.227. The smallest absolute Gasteiger partial charge is 0.410 e. The van der Waals surface area contributed by atoms with Gasteiger partial charge in [0.05, 0.1) is 23.1 Å². The number of piperidine rings is 2. The molecule has 40 heavy (non-hydrogen) atoms. The molecule has 2 aliphatic heterocycles. The fourth-order valence-electron chi connectivity index (χ4n) is 4.98. The van der Waals surface area contributed by atoms with Crippen LogP contribution in [0.2, 0.25) is 0 Å². The highest BCUT2D eigenvalue weighted by Gasteiger charge is 2.33. The minimum Gasteiger partial charge on any atom is -0.472 e. The largest absolute Gasteiger partial charge is 0.472 e. The van der Waals surface area contributed by atoms with E-state index >= 15 is 0 Å². The van der Waals surface area contributed by atoms with Crippen LogP contribution in [0.5, 0.6) is 11.8 Å². The topological polar surface area (TPSA) is 103 Å². The summed E-state index contributed by atoms with van der Waals surface area (Å²) in [6.45, 7) is 12.9. The van der Waals surface area contributed by atoms with E-state index in [9.17, 15) is 9.59 Å². The van der Waals surface area contributed by atoms with E-state index in [1.807, 2.05) is 65.8 Å². The Morgan fingerprint density at radius 3 is 1.50 bits per heavy atom. The van der Waals surface area contributed by atoms with E-state index in [4.69, 9.17) is 28.9 Å². The lowest BCUT2D eigenvalue weighted by molar-refractivity contribution is 0.000718. The van der Waals surface area contributed by atoms with Gasteiger partial charge in [-0.05, 0) is 92.2 Å². The van der Waals surface area contributed by atoms with Crippen molar-refractivity contribution in [2.45, 2.75) is 103 Å². The standard InChI is InChI=1S/C30H44N4O6/c1-29(2,3)39-27(35)33-17-11-9-13-21(33)19-37-25-26(32-24-16-8-7-15-23(24)31-25)38-20-22-14-10-12-18-34(22)28(36)40-30(4,5)6/h7-8,15-16,21-22H,9-14,17-20H2,1-6H3/t21-,22-/m1/s1. The van der Waals surface area contributed by atoms with Gasteiger partial charge in [0, 0.05) is 13.1 Å². The second-order valence-electron chi connectivity index (χ2n) is 12.6. The van der Waals surface area contributed by atoms with Crippen molar-refractivity contribution >= 4 is 23.2 Å². The molecule has 0 radical (unpaired) electrons. The van der Waals surface area contributed by atoms with Crippen molar-refractivity contribution in [2.24, 2.45) is 0 Å². The summed E-state index contributed by atoms with van der Waals surface area (Å²) in [5.74, 6) is 0.543. The molecular weight excluding hydrogens is 512 g/mol. The zero-order valence-corrected chi connectivity index (χ0v) is 24.8. The van der Waals surface area contributed by atoms with Crippen molar-refractivity contribution in [2.75, 3.05) is 26.3 Å². The molecular formula is C30H44N4O6. The van der Waals surface area contributed by atoms with Crippen molar-refractivity contribution in [3.05, 3.63) is 24.3 Å². The first-order valence-electron chi connectivity index (χ1n) is 14.4. The van der Waals surface area contributed by atoms with Gasteiger partial charge in [-0.25, -0.2) is 19.6 Å². The van der Waals surface area contributed by atoms with Crippen LogP contribution in [0, 0.1) is 0 Å². The summed E-state index contributed by atoms with van der Waals surface area (Å²) in [7, 11) is 0. The Hall–Kier alpha value is -3.30. The highest BCUT2D eigenvalue weighted by Crippen LogP contribution is 2.29. The lowest BCUT2D eigenvalue weighted by Crippen LogP contribution is -2.49. The minimum atomic E-state index is -0.572. The number of carbonyl (C=O) groups excluding carboxylic acids is 2. The minimum absolute atomic E-state index is 0.147. The molecule has 0 saturated carbocycles. The SMILES string of the molecule is CC(C)(C)OC(=O)N1CCCC[C@@H]1COc1nc2ccccc2nc1OC[C@H]1CCCCN1C(=O)OC(C)(C)C. The summed E-state index contributed by atoms with van der Waals surface area (Å²) in [6.07, 6.45) is 4.81. The fourth-order valence-corrected chi connectivity index (χ4v) is 4.98. The molecule has 0 N–H and O–H groups in total. The van der Waals surface area contributed by atoms with Crippen LogP contribution in [0.3, 0.4) is 0 Å². The van der Waals surface area contributed by atoms with Crippen LogP contribution in [-0.2, 0) is 9.47 Å². The summed E-state index contributed by atoms with van der Waals surface area (Å²) < 4.78 is 23.7. The number of rotatable bonds is 6. The predicted octanol–water partition coefficient (Wildman–Crippen LogP) is 5.97. The highest BCUT2D eigenvalue weighted by atomic mass is 16.6. The number of hydrogen-bond donors (Lipinski definition) is 0. The normalized spacial score (nSPS) is 20.2. The number of ether oxygens (including phenoxy) is 4. The van der Waals surface area contributed by atoms with Crippen molar-refractivity contribution in [1.29, 1.82) is 0 Å². The van der Waals surface area contributed by atoms with Gasteiger partial charge in [0.1, 0.15) is 24.4 Å². The number of nitrogens with zero attached hydrogens (tertiary/aromatic N) is 4. The lowest BCUT2D eigenvalue weighted by Gasteiger charge is -2.37. The molecule has 1 aromatic carbocycles. The highest BCUT2D eigenvalue weighted by molar-refractivity contribution is 5.75. The Morgan fingerprint density at radius 2 is 1.12 bits per heavy atom. The fraction of sp³-hybridized carbons (Fsp3) is 0.667. The van der Waals surface area contributed by atoms with E-state index in [1.165, 1.54) is 0 Å².